The minimum absolute atomic E-state index is 0.158. The van der Waals surface area contributed by atoms with Gasteiger partial charge in [-0.3, -0.25) is 4.98 Å². The number of piperidine rings is 1. The van der Waals surface area contributed by atoms with Gasteiger partial charge in [0.05, 0.1) is 6.26 Å². The van der Waals surface area contributed by atoms with Crippen LogP contribution >= 0.6 is 0 Å². The van der Waals surface area contributed by atoms with Crippen LogP contribution in [0, 0.1) is 5.95 Å². The summed E-state index contributed by atoms with van der Waals surface area (Å²) in [6, 6.07) is 9.26. The summed E-state index contributed by atoms with van der Waals surface area (Å²) in [5, 5.41) is 5.53. The van der Waals surface area contributed by atoms with Crippen molar-refractivity contribution < 1.29 is 12.8 Å². The van der Waals surface area contributed by atoms with Gasteiger partial charge in [-0.05, 0) is 53.6 Å². The second-order valence-electron chi connectivity index (χ2n) is 7.07. The molecule has 0 saturated carbocycles. The Balaban J connectivity index is 1.65. The Morgan fingerprint density at radius 2 is 1.89 bits per heavy atom. The summed E-state index contributed by atoms with van der Waals surface area (Å²) in [4.78, 5) is 7.85. The first-order valence-electron chi connectivity index (χ1n) is 9.11. The summed E-state index contributed by atoms with van der Waals surface area (Å²) in [7, 11) is -3.15. The Hall–Kier alpha value is -2.58. The molecule has 3 heterocycles. The Labute approximate surface area is 163 Å². The highest BCUT2D eigenvalue weighted by molar-refractivity contribution is 7.88. The van der Waals surface area contributed by atoms with E-state index in [2.05, 4.69) is 15.3 Å². The number of nitrogens with zero attached hydrogens (tertiary/aromatic N) is 3. The van der Waals surface area contributed by atoms with Crippen LogP contribution in [0.25, 0.3) is 21.9 Å². The number of benzene rings is 1. The van der Waals surface area contributed by atoms with E-state index < -0.39 is 16.0 Å². The summed E-state index contributed by atoms with van der Waals surface area (Å²) in [5.74, 6) is -0.519. The number of aromatic nitrogens is 2. The molecule has 1 aliphatic rings. The summed E-state index contributed by atoms with van der Waals surface area (Å²) >= 11 is 0. The van der Waals surface area contributed by atoms with Crippen LogP contribution in [0.3, 0.4) is 0 Å². The van der Waals surface area contributed by atoms with Crippen LogP contribution in [0.1, 0.15) is 12.8 Å². The lowest BCUT2D eigenvalue weighted by Gasteiger charge is -2.31. The lowest BCUT2D eigenvalue weighted by Crippen LogP contribution is -2.41. The number of pyridine rings is 2. The van der Waals surface area contributed by atoms with E-state index >= 15 is 0 Å². The molecule has 1 fully saturated rings. The fraction of sp³-hybridized carbons (Fsp3) is 0.300. The fourth-order valence-corrected chi connectivity index (χ4v) is 4.49. The third-order valence-corrected chi connectivity index (χ3v) is 6.40. The van der Waals surface area contributed by atoms with Gasteiger partial charge in [-0.2, -0.15) is 4.39 Å². The Kier molecular flexibility index (Phi) is 4.99. The van der Waals surface area contributed by atoms with Crippen LogP contribution in [0.15, 0.2) is 48.9 Å². The van der Waals surface area contributed by atoms with E-state index in [1.54, 1.807) is 18.5 Å². The summed E-state index contributed by atoms with van der Waals surface area (Å²) in [6.45, 7) is 1.00. The van der Waals surface area contributed by atoms with Crippen LogP contribution < -0.4 is 5.32 Å². The zero-order valence-corrected chi connectivity index (χ0v) is 16.3. The van der Waals surface area contributed by atoms with Gasteiger partial charge in [0.2, 0.25) is 16.0 Å². The van der Waals surface area contributed by atoms with E-state index in [4.69, 9.17) is 0 Å². The van der Waals surface area contributed by atoms with E-state index in [1.807, 2.05) is 18.2 Å². The van der Waals surface area contributed by atoms with Crippen LogP contribution in [0.4, 0.5) is 10.1 Å². The van der Waals surface area contributed by atoms with Gasteiger partial charge in [-0.1, -0.05) is 0 Å². The molecule has 0 spiro atoms. The van der Waals surface area contributed by atoms with Crippen molar-refractivity contribution in [3.63, 3.8) is 0 Å². The third kappa shape index (κ3) is 3.98. The minimum atomic E-state index is -3.15. The highest BCUT2D eigenvalue weighted by atomic mass is 32.2. The quantitative estimate of drug-likeness (QED) is 0.681. The number of halogens is 1. The van der Waals surface area contributed by atoms with E-state index in [0.29, 0.717) is 13.1 Å². The van der Waals surface area contributed by atoms with Gasteiger partial charge in [-0.15, -0.1) is 0 Å². The molecule has 146 valence electrons. The fourth-order valence-electron chi connectivity index (χ4n) is 3.62. The predicted molar refractivity (Wildman–Crippen MR) is 108 cm³/mol. The first-order chi connectivity index (χ1) is 13.4. The number of hydrogen-bond donors (Lipinski definition) is 1. The van der Waals surface area contributed by atoms with Crippen LogP contribution in [0.5, 0.6) is 0 Å². The molecule has 0 radical (unpaired) electrons. The maximum absolute atomic E-state index is 13.6. The zero-order chi connectivity index (χ0) is 19.7. The molecule has 1 aliphatic heterocycles. The van der Waals surface area contributed by atoms with E-state index in [0.717, 1.165) is 40.4 Å². The van der Waals surface area contributed by atoms with Crippen molar-refractivity contribution in [1.82, 2.24) is 14.3 Å². The molecule has 3 aromatic rings. The van der Waals surface area contributed by atoms with Gasteiger partial charge in [0, 0.05) is 54.9 Å². The van der Waals surface area contributed by atoms with Crippen molar-refractivity contribution in [2.24, 2.45) is 0 Å². The highest BCUT2D eigenvalue weighted by Gasteiger charge is 2.25. The number of sulfonamides is 1. The SMILES string of the molecule is CS(=O)(=O)N1CCC(Nc2cc(-c3ccnc(F)c3)cc3ccncc23)CC1. The first-order valence-corrected chi connectivity index (χ1v) is 11.0. The van der Waals surface area contributed by atoms with Gasteiger partial charge >= 0.3 is 0 Å². The topological polar surface area (TPSA) is 75.2 Å². The summed E-state index contributed by atoms with van der Waals surface area (Å²) in [6.07, 6.45) is 7.69. The Bertz CT molecular complexity index is 1110. The number of nitrogens with one attached hydrogen (secondary N) is 1. The van der Waals surface area contributed by atoms with Crippen molar-refractivity contribution in [1.29, 1.82) is 0 Å². The molecule has 0 amide bonds. The number of hydrogen-bond acceptors (Lipinski definition) is 5. The smallest absolute Gasteiger partial charge is 0.213 e. The van der Waals surface area contributed by atoms with Gasteiger partial charge in [-0.25, -0.2) is 17.7 Å². The highest BCUT2D eigenvalue weighted by Crippen LogP contribution is 2.32. The molecule has 8 heteroatoms. The second kappa shape index (κ2) is 7.44. The van der Waals surface area contributed by atoms with Crippen molar-refractivity contribution in [2.75, 3.05) is 24.7 Å². The van der Waals surface area contributed by atoms with Gasteiger partial charge < -0.3 is 5.32 Å². The van der Waals surface area contributed by atoms with E-state index in [1.165, 1.54) is 22.8 Å². The average Bonchev–Trinajstić information content (AvgIpc) is 2.67. The molecular weight excluding hydrogens is 379 g/mol. The van der Waals surface area contributed by atoms with E-state index in [-0.39, 0.29) is 6.04 Å². The maximum Gasteiger partial charge on any atom is 0.213 e. The molecule has 0 bridgehead atoms. The van der Waals surface area contributed by atoms with Crippen molar-refractivity contribution in [3.05, 3.63) is 54.9 Å². The average molecular weight is 400 g/mol. The normalized spacial score (nSPS) is 16.4. The molecule has 1 saturated heterocycles. The van der Waals surface area contributed by atoms with Crippen molar-refractivity contribution >= 4 is 26.5 Å². The standard InChI is InChI=1S/C20H21FN4O2S/c1-28(26,27)25-8-4-17(5-9-25)24-19-11-16(14-3-7-23-20(21)12-14)10-15-2-6-22-13-18(15)19/h2-3,6-7,10-13,17,24H,4-5,8-9H2,1H3. The largest absolute Gasteiger partial charge is 0.382 e. The van der Waals surface area contributed by atoms with Crippen LogP contribution in [-0.2, 0) is 10.0 Å². The van der Waals surface area contributed by atoms with Crippen LogP contribution in [0.2, 0.25) is 0 Å². The lowest BCUT2D eigenvalue weighted by molar-refractivity contribution is 0.332. The molecular formula is C20H21FN4O2S. The molecule has 6 nitrogen and oxygen atoms in total. The molecule has 4 rings (SSSR count). The Morgan fingerprint density at radius 3 is 2.61 bits per heavy atom. The lowest BCUT2D eigenvalue weighted by atomic mass is 10.00. The molecule has 1 N–H and O–H groups in total. The maximum atomic E-state index is 13.6. The number of rotatable bonds is 4. The number of fused-ring (bicyclic) bond motifs is 1. The van der Waals surface area contributed by atoms with Gasteiger partial charge in [0.1, 0.15) is 0 Å². The van der Waals surface area contributed by atoms with Crippen LogP contribution in [-0.4, -0.2) is 48.1 Å². The Morgan fingerprint density at radius 1 is 1.11 bits per heavy atom. The first kappa shape index (κ1) is 18.8. The van der Waals surface area contributed by atoms with Gasteiger partial charge in [0.15, 0.2) is 0 Å². The molecule has 28 heavy (non-hydrogen) atoms. The monoisotopic (exact) mass is 400 g/mol. The van der Waals surface area contributed by atoms with Crippen molar-refractivity contribution in [3.8, 4) is 11.1 Å². The predicted octanol–water partition coefficient (Wildman–Crippen LogP) is 3.27. The second-order valence-corrected chi connectivity index (χ2v) is 9.05. The number of anilines is 1. The summed E-state index contributed by atoms with van der Waals surface area (Å²) < 4.78 is 38.5. The molecule has 2 aromatic heterocycles. The van der Waals surface area contributed by atoms with E-state index in [9.17, 15) is 12.8 Å². The van der Waals surface area contributed by atoms with Crippen molar-refractivity contribution in [2.45, 2.75) is 18.9 Å². The zero-order valence-electron chi connectivity index (χ0n) is 15.5. The molecule has 1 aromatic carbocycles. The summed E-state index contributed by atoms with van der Waals surface area (Å²) in [5.41, 5.74) is 2.55. The molecule has 0 atom stereocenters. The third-order valence-electron chi connectivity index (χ3n) is 5.10. The van der Waals surface area contributed by atoms with Gasteiger partial charge in [0.25, 0.3) is 0 Å². The molecule has 0 aliphatic carbocycles. The molecule has 0 unspecified atom stereocenters. The minimum Gasteiger partial charge on any atom is -0.382 e.